The Bertz CT molecular complexity index is 1770. The van der Waals surface area contributed by atoms with E-state index in [1.807, 2.05) is 48.7 Å². The summed E-state index contributed by atoms with van der Waals surface area (Å²) < 4.78 is 1.99. The molecule has 0 unspecified atom stereocenters. The fourth-order valence-corrected chi connectivity index (χ4v) is 5.55. The number of urea groups is 1. The summed E-state index contributed by atoms with van der Waals surface area (Å²) in [6.07, 6.45) is 1.46. The van der Waals surface area contributed by atoms with Gasteiger partial charge in [-0.05, 0) is 86.2 Å². The van der Waals surface area contributed by atoms with Crippen molar-refractivity contribution in [2.24, 2.45) is 0 Å². The zero-order valence-electron chi connectivity index (χ0n) is 21.6. The number of nitro benzene ring substituents is 1. The summed E-state index contributed by atoms with van der Waals surface area (Å²) >= 11 is 13.5. The molecule has 0 atom stereocenters. The second kappa shape index (κ2) is 11.2. The number of carbonyl (C=O) groups is 3. The van der Waals surface area contributed by atoms with E-state index < -0.39 is 22.8 Å². The minimum absolute atomic E-state index is 0.0371. The maximum absolute atomic E-state index is 13.3. The number of non-ortho nitro benzene ring substituents is 1. The van der Waals surface area contributed by atoms with Crippen molar-refractivity contribution in [1.29, 1.82) is 0 Å². The normalized spacial score (nSPS) is 14.5. The number of hydrogen-bond acceptors (Lipinski definition) is 6. The Morgan fingerprint density at radius 1 is 0.854 bits per heavy atom. The van der Waals surface area contributed by atoms with Gasteiger partial charge in [-0.2, -0.15) is 0 Å². The summed E-state index contributed by atoms with van der Waals surface area (Å²) in [6.45, 7) is 3.77. The van der Waals surface area contributed by atoms with Gasteiger partial charge in [-0.25, -0.2) is 9.69 Å². The minimum Gasteiger partial charge on any atom is -0.318 e. The molecule has 3 aromatic carbocycles. The molecule has 206 valence electrons. The van der Waals surface area contributed by atoms with Crippen molar-refractivity contribution in [2.75, 3.05) is 4.90 Å². The number of halogens is 2. The van der Waals surface area contributed by atoms with Crippen LogP contribution in [0.5, 0.6) is 0 Å². The van der Waals surface area contributed by atoms with Crippen LogP contribution in [0.25, 0.3) is 11.8 Å². The molecular weight excluding hydrogens is 587 g/mol. The first kappa shape index (κ1) is 28.2. The molecule has 12 heteroatoms. The van der Waals surface area contributed by atoms with Crippen molar-refractivity contribution in [3.8, 4) is 5.69 Å². The number of aryl methyl sites for hydroxylation is 1. The number of aromatic nitrogens is 1. The molecule has 4 amide bonds. The van der Waals surface area contributed by atoms with Crippen LogP contribution in [0.2, 0.25) is 10.0 Å². The quantitative estimate of drug-likeness (QED) is 0.108. The topological polar surface area (TPSA) is 115 Å². The van der Waals surface area contributed by atoms with Crippen LogP contribution in [-0.4, -0.2) is 27.3 Å². The Hall–Kier alpha value is -4.38. The highest BCUT2D eigenvalue weighted by Crippen LogP contribution is 2.32. The summed E-state index contributed by atoms with van der Waals surface area (Å²) in [7, 11) is 0. The number of imide groups is 2. The summed E-state index contributed by atoms with van der Waals surface area (Å²) in [5.41, 5.74) is 3.16. The van der Waals surface area contributed by atoms with Crippen molar-refractivity contribution in [3.05, 3.63) is 115 Å². The lowest BCUT2D eigenvalue weighted by molar-refractivity contribution is -0.384. The number of nitrogens with one attached hydrogen (secondary N) is 1. The Balaban J connectivity index is 1.41. The standard InChI is InChI=1S/C29H20Cl2N4O5S/c1-16-13-18(14-24-27(36)32-29(38)34(28(24)37)21-7-12-25(30)26(31)15-21)17(2)33(16)19-3-8-22(9-4-19)41-23-10-5-20(6-11-23)35(39)40/h3-15H,1-2H3,(H,32,36,38)/b24-14-. The van der Waals surface area contributed by atoms with Gasteiger partial charge in [0.2, 0.25) is 0 Å². The van der Waals surface area contributed by atoms with E-state index in [1.165, 1.54) is 48.2 Å². The van der Waals surface area contributed by atoms with Crippen molar-refractivity contribution >= 4 is 70.3 Å². The van der Waals surface area contributed by atoms with Crippen LogP contribution in [0.3, 0.4) is 0 Å². The molecule has 1 aliphatic rings. The smallest absolute Gasteiger partial charge is 0.318 e. The van der Waals surface area contributed by atoms with Crippen molar-refractivity contribution < 1.29 is 19.3 Å². The molecule has 9 nitrogen and oxygen atoms in total. The van der Waals surface area contributed by atoms with Gasteiger partial charge >= 0.3 is 6.03 Å². The van der Waals surface area contributed by atoms with E-state index in [4.69, 9.17) is 23.2 Å². The van der Waals surface area contributed by atoms with E-state index in [0.717, 1.165) is 31.8 Å². The molecular formula is C29H20Cl2N4O5S. The third-order valence-corrected chi connectivity index (χ3v) is 8.17. The fourth-order valence-electron chi connectivity index (χ4n) is 4.44. The Morgan fingerprint density at radius 3 is 2.07 bits per heavy atom. The summed E-state index contributed by atoms with van der Waals surface area (Å²) in [4.78, 5) is 51.7. The maximum atomic E-state index is 13.3. The monoisotopic (exact) mass is 606 g/mol. The van der Waals surface area contributed by atoms with E-state index in [2.05, 4.69) is 5.32 Å². The van der Waals surface area contributed by atoms with Crippen LogP contribution in [0, 0.1) is 24.0 Å². The number of barbiturate groups is 1. The van der Waals surface area contributed by atoms with E-state index in [1.54, 1.807) is 12.1 Å². The zero-order chi connectivity index (χ0) is 29.4. The lowest BCUT2D eigenvalue weighted by Gasteiger charge is -2.26. The number of rotatable bonds is 6. The van der Waals surface area contributed by atoms with Gasteiger partial charge in [0, 0.05) is 39.0 Å². The number of carbonyl (C=O) groups excluding carboxylic acids is 3. The van der Waals surface area contributed by atoms with Crippen LogP contribution in [0.1, 0.15) is 17.0 Å². The summed E-state index contributed by atoms with van der Waals surface area (Å²) in [5.74, 6) is -1.58. The summed E-state index contributed by atoms with van der Waals surface area (Å²) in [5, 5.41) is 13.5. The van der Waals surface area contributed by atoms with Crippen LogP contribution in [0.15, 0.2) is 88.2 Å². The predicted octanol–water partition coefficient (Wildman–Crippen LogP) is 7.13. The number of amides is 4. The molecule has 1 saturated heterocycles. The number of anilines is 1. The molecule has 0 bridgehead atoms. The fraction of sp³-hybridized carbons (Fsp3) is 0.0690. The first-order valence-electron chi connectivity index (χ1n) is 12.1. The predicted molar refractivity (Wildman–Crippen MR) is 158 cm³/mol. The van der Waals surface area contributed by atoms with Gasteiger partial charge in [0.25, 0.3) is 17.5 Å². The second-order valence-corrected chi connectivity index (χ2v) is 11.0. The van der Waals surface area contributed by atoms with Gasteiger partial charge in [-0.3, -0.25) is 25.0 Å². The van der Waals surface area contributed by atoms with Gasteiger partial charge in [0.05, 0.1) is 20.7 Å². The molecule has 0 radical (unpaired) electrons. The highest BCUT2D eigenvalue weighted by atomic mass is 35.5. The van der Waals surface area contributed by atoms with Gasteiger partial charge < -0.3 is 4.57 Å². The van der Waals surface area contributed by atoms with Gasteiger partial charge in [0.1, 0.15) is 5.57 Å². The molecule has 5 rings (SSSR count). The molecule has 1 aromatic heterocycles. The van der Waals surface area contributed by atoms with E-state index in [0.29, 0.717) is 5.56 Å². The average molecular weight is 607 g/mol. The van der Waals surface area contributed by atoms with Gasteiger partial charge in [0.15, 0.2) is 0 Å². The van der Waals surface area contributed by atoms with Crippen LogP contribution >= 0.6 is 35.0 Å². The second-order valence-electron chi connectivity index (χ2n) is 9.07. The molecule has 2 heterocycles. The average Bonchev–Trinajstić information content (AvgIpc) is 3.21. The first-order valence-corrected chi connectivity index (χ1v) is 13.7. The van der Waals surface area contributed by atoms with Crippen molar-refractivity contribution in [3.63, 3.8) is 0 Å². The van der Waals surface area contributed by atoms with Gasteiger partial charge in [-0.15, -0.1) is 0 Å². The Morgan fingerprint density at radius 2 is 1.46 bits per heavy atom. The van der Waals surface area contributed by atoms with Gasteiger partial charge in [-0.1, -0.05) is 35.0 Å². The molecule has 0 aliphatic carbocycles. The number of hydrogen-bond donors (Lipinski definition) is 1. The number of nitro groups is 1. The maximum Gasteiger partial charge on any atom is 0.335 e. The lowest BCUT2D eigenvalue weighted by Crippen LogP contribution is -2.54. The molecule has 1 N–H and O–H groups in total. The molecule has 4 aromatic rings. The minimum atomic E-state index is -0.882. The molecule has 1 aliphatic heterocycles. The largest absolute Gasteiger partial charge is 0.335 e. The third-order valence-electron chi connectivity index (χ3n) is 6.41. The first-order chi connectivity index (χ1) is 19.5. The van der Waals surface area contributed by atoms with E-state index >= 15 is 0 Å². The van der Waals surface area contributed by atoms with E-state index in [9.17, 15) is 24.5 Å². The van der Waals surface area contributed by atoms with Crippen molar-refractivity contribution in [1.82, 2.24) is 9.88 Å². The molecule has 0 saturated carbocycles. The highest BCUT2D eigenvalue weighted by molar-refractivity contribution is 7.99. The zero-order valence-corrected chi connectivity index (χ0v) is 23.9. The lowest BCUT2D eigenvalue weighted by atomic mass is 10.1. The van der Waals surface area contributed by atoms with Crippen molar-refractivity contribution in [2.45, 2.75) is 23.6 Å². The highest BCUT2D eigenvalue weighted by Gasteiger charge is 2.37. The van der Waals surface area contributed by atoms with E-state index in [-0.39, 0.29) is 27.0 Å². The summed E-state index contributed by atoms with van der Waals surface area (Å²) in [6, 6.07) is 19.4. The van der Waals surface area contributed by atoms with Crippen LogP contribution in [-0.2, 0) is 9.59 Å². The Labute approximate surface area is 248 Å². The molecule has 1 fully saturated rings. The molecule has 41 heavy (non-hydrogen) atoms. The third kappa shape index (κ3) is 5.62. The SMILES string of the molecule is Cc1cc(/C=C2/C(=O)NC(=O)N(c3ccc(Cl)c(Cl)c3)C2=O)c(C)n1-c1ccc(Sc2ccc([N+](=O)[O-])cc2)cc1. The molecule has 0 spiro atoms. The van der Waals surface area contributed by atoms with Crippen LogP contribution < -0.4 is 10.2 Å². The number of benzene rings is 3. The number of nitrogens with zero attached hydrogens (tertiary/aromatic N) is 3. The van der Waals surface area contributed by atoms with Crippen LogP contribution in [0.4, 0.5) is 16.2 Å². The Kier molecular flexibility index (Phi) is 7.72.